The molecule has 0 amide bonds. The van der Waals surface area contributed by atoms with Gasteiger partial charge in [0.1, 0.15) is 0 Å². The maximum Gasteiger partial charge on any atom is 0 e. The molecule has 3 nitrogen and oxygen atoms in total. The Morgan fingerprint density at radius 3 is 0.600 bits per heavy atom. The van der Waals surface area contributed by atoms with Gasteiger partial charge < -0.3 is 16.4 Å². The molecule has 36 valence electrons. The first kappa shape index (κ1) is 129. The maximum atomic E-state index is 0. The van der Waals surface area contributed by atoms with E-state index in [0.717, 1.165) is 0 Å². The Morgan fingerprint density at radius 2 is 0.600 bits per heavy atom. The van der Waals surface area contributed by atoms with Gasteiger partial charge in [-0.3, -0.25) is 0 Å². The smallest absolute Gasteiger partial charge is 0 e. The molecule has 0 aliphatic rings. The maximum absolute atomic E-state index is 0. The van der Waals surface area contributed by atoms with Crippen LogP contribution in [0, 0.1) is 0 Å². The fraction of sp³-hybridized carbons (Fsp3) is 0. The predicted octanol–water partition coefficient (Wildman–Crippen LogP) is -2.48. The summed E-state index contributed by atoms with van der Waals surface area (Å²) in [7, 11) is 0. The van der Waals surface area contributed by atoms with Gasteiger partial charge in [-0.15, -0.1) is 0 Å². The standard InChI is InChI=1S/Fe.3H2O.Ti/h;3*1H2;. The van der Waals surface area contributed by atoms with Gasteiger partial charge in [0.05, 0.1) is 0 Å². The molecule has 0 aromatic rings. The van der Waals surface area contributed by atoms with Crippen LogP contribution in [0.25, 0.3) is 0 Å². The number of rotatable bonds is 0. The van der Waals surface area contributed by atoms with Gasteiger partial charge in [0.2, 0.25) is 0 Å². The van der Waals surface area contributed by atoms with E-state index in [9.17, 15) is 0 Å². The largest absolute Gasteiger partial charge is 0.412 e. The zero-order valence-corrected chi connectivity index (χ0v) is 5.02. The van der Waals surface area contributed by atoms with Crippen molar-refractivity contribution in [2.75, 3.05) is 0 Å². The van der Waals surface area contributed by atoms with Crippen molar-refractivity contribution in [2.45, 2.75) is 0 Å². The predicted molar refractivity (Wildman–Crippen MR) is 10.8 cm³/mol. The molecule has 0 atom stereocenters. The van der Waals surface area contributed by atoms with Crippen molar-refractivity contribution in [3.05, 3.63) is 0 Å². The second-order valence-corrected chi connectivity index (χ2v) is 0. The van der Waals surface area contributed by atoms with Gasteiger partial charge in [-0.2, -0.15) is 0 Å². The molecule has 0 aromatic heterocycles. The summed E-state index contributed by atoms with van der Waals surface area (Å²) in [5.74, 6) is 0. The van der Waals surface area contributed by atoms with Crippen LogP contribution in [0.2, 0.25) is 0 Å². The van der Waals surface area contributed by atoms with Gasteiger partial charge in [0.25, 0.3) is 0 Å². The molecule has 0 heterocycles. The average Bonchev–Trinajstić information content (AvgIpc) is 0. The van der Waals surface area contributed by atoms with Gasteiger partial charge in [0, 0.05) is 38.8 Å². The van der Waals surface area contributed by atoms with Gasteiger partial charge >= 0.3 is 0 Å². The third-order valence-electron chi connectivity index (χ3n) is 0. The minimum atomic E-state index is 0. The summed E-state index contributed by atoms with van der Waals surface area (Å²) in [5.41, 5.74) is 0. The normalized spacial score (nSPS) is 0. The molecular weight excluding hydrogens is 152 g/mol. The SMILES string of the molecule is O.O.O.[Fe].[Ti]. The molecule has 6 N–H and O–H groups in total. The first-order chi connectivity index (χ1) is 0. The van der Waals surface area contributed by atoms with E-state index in [2.05, 4.69) is 0 Å². The van der Waals surface area contributed by atoms with Crippen molar-refractivity contribution in [2.24, 2.45) is 0 Å². The molecule has 0 saturated heterocycles. The summed E-state index contributed by atoms with van der Waals surface area (Å²) in [6.07, 6.45) is 0. The molecule has 0 aliphatic carbocycles. The van der Waals surface area contributed by atoms with E-state index < -0.39 is 0 Å². The van der Waals surface area contributed by atoms with Crippen LogP contribution >= 0.6 is 0 Å². The third-order valence-corrected chi connectivity index (χ3v) is 0. The Balaban J connectivity index is 0. The van der Waals surface area contributed by atoms with Crippen LogP contribution in [0.3, 0.4) is 0 Å². The fourth-order valence-corrected chi connectivity index (χ4v) is 0. The van der Waals surface area contributed by atoms with E-state index in [1.54, 1.807) is 0 Å². The molecule has 5 heavy (non-hydrogen) atoms. The van der Waals surface area contributed by atoms with Gasteiger partial charge in [0.15, 0.2) is 0 Å². The summed E-state index contributed by atoms with van der Waals surface area (Å²) in [6.45, 7) is 0. The minimum absolute atomic E-state index is 0. The van der Waals surface area contributed by atoms with Crippen LogP contribution < -0.4 is 0 Å². The van der Waals surface area contributed by atoms with Crippen molar-refractivity contribution in [1.82, 2.24) is 0 Å². The van der Waals surface area contributed by atoms with E-state index in [1.165, 1.54) is 0 Å². The van der Waals surface area contributed by atoms with Crippen molar-refractivity contribution < 1.29 is 55.2 Å². The summed E-state index contributed by atoms with van der Waals surface area (Å²) in [5, 5.41) is 0. The summed E-state index contributed by atoms with van der Waals surface area (Å²) in [4.78, 5) is 0. The van der Waals surface area contributed by atoms with Crippen molar-refractivity contribution in [1.29, 1.82) is 0 Å². The van der Waals surface area contributed by atoms with E-state index in [0.29, 0.717) is 0 Å². The fourth-order valence-electron chi connectivity index (χ4n) is 0. The Hall–Kier alpha value is 1.11. The molecule has 0 aromatic carbocycles. The van der Waals surface area contributed by atoms with Crippen molar-refractivity contribution in [3.63, 3.8) is 0 Å². The molecule has 0 unspecified atom stereocenters. The summed E-state index contributed by atoms with van der Waals surface area (Å²) >= 11 is 0. The number of hydrogen-bond donors (Lipinski definition) is 0. The summed E-state index contributed by atoms with van der Waals surface area (Å²) in [6, 6.07) is 0. The zero-order valence-electron chi connectivity index (χ0n) is 2.35. The zero-order chi connectivity index (χ0) is 0. The molecule has 0 spiro atoms. The Kier molecular flexibility index (Phi) is 1800. The monoisotopic (exact) mass is 158 g/mol. The van der Waals surface area contributed by atoms with E-state index in [4.69, 9.17) is 0 Å². The first-order valence-corrected chi connectivity index (χ1v) is 0. The van der Waals surface area contributed by atoms with Gasteiger partial charge in [-0.1, -0.05) is 0 Å². The Bertz CT molecular complexity index is 6.85. The van der Waals surface area contributed by atoms with Gasteiger partial charge in [-0.25, -0.2) is 0 Å². The molecular formula is H6FeO3Ti. The molecule has 0 radical (unpaired) electrons. The van der Waals surface area contributed by atoms with Crippen LogP contribution in [0.15, 0.2) is 0 Å². The minimum Gasteiger partial charge on any atom is -0.412 e. The molecule has 0 rings (SSSR count). The van der Waals surface area contributed by atoms with Crippen LogP contribution in [-0.2, 0) is 38.8 Å². The molecule has 5 heteroatoms. The molecule has 0 bridgehead atoms. The van der Waals surface area contributed by atoms with Crippen molar-refractivity contribution >= 4 is 0 Å². The molecule has 0 saturated carbocycles. The Morgan fingerprint density at radius 1 is 0.600 bits per heavy atom. The van der Waals surface area contributed by atoms with E-state index >= 15 is 0 Å². The number of hydrogen-bond acceptors (Lipinski definition) is 0. The second kappa shape index (κ2) is 69.8. The Labute approximate surface area is 55.4 Å². The van der Waals surface area contributed by atoms with Gasteiger partial charge in [-0.05, 0) is 0 Å². The summed E-state index contributed by atoms with van der Waals surface area (Å²) < 4.78 is 0. The molecule has 0 aliphatic heterocycles. The van der Waals surface area contributed by atoms with Crippen LogP contribution in [0.5, 0.6) is 0 Å². The van der Waals surface area contributed by atoms with Crippen LogP contribution in [0.1, 0.15) is 0 Å². The quantitative estimate of drug-likeness (QED) is 0.349. The molecule has 0 fully saturated rings. The van der Waals surface area contributed by atoms with Crippen molar-refractivity contribution in [3.8, 4) is 0 Å². The van der Waals surface area contributed by atoms with E-state index in [1.807, 2.05) is 0 Å². The van der Waals surface area contributed by atoms with Crippen LogP contribution in [0.4, 0.5) is 0 Å². The average molecular weight is 158 g/mol. The van der Waals surface area contributed by atoms with Crippen LogP contribution in [-0.4, -0.2) is 16.4 Å². The van der Waals surface area contributed by atoms with E-state index in [-0.39, 0.29) is 55.2 Å². The second-order valence-electron chi connectivity index (χ2n) is 0. The topological polar surface area (TPSA) is 94.5 Å². The first-order valence-electron chi connectivity index (χ1n) is 0. The third kappa shape index (κ3) is 40.0.